The highest BCUT2D eigenvalue weighted by Gasteiger charge is 2.06. The van der Waals surface area contributed by atoms with E-state index in [-0.39, 0.29) is 0 Å². The van der Waals surface area contributed by atoms with Crippen LogP contribution in [-0.4, -0.2) is 19.7 Å². The molecule has 3 rings (SSSR count). The molecular weight excluding hydrogens is 250 g/mol. The van der Waals surface area contributed by atoms with Gasteiger partial charge in [0.05, 0.1) is 5.69 Å². The molecule has 0 amide bonds. The lowest BCUT2D eigenvalue weighted by atomic mass is 10.1. The molecule has 94 valence electrons. The highest BCUT2D eigenvalue weighted by molar-refractivity contribution is 5.59. The molecule has 0 aliphatic carbocycles. The van der Waals surface area contributed by atoms with E-state index < -0.39 is 11.6 Å². The second kappa shape index (κ2) is 4.56. The number of hydrogen-bond donors (Lipinski definition) is 0. The first-order chi connectivity index (χ1) is 9.22. The molecule has 6 heteroatoms. The zero-order valence-electron chi connectivity index (χ0n) is 9.66. The lowest BCUT2D eigenvalue weighted by Crippen LogP contribution is -1.97. The van der Waals surface area contributed by atoms with E-state index in [1.165, 1.54) is 12.1 Å². The third-order valence-electron chi connectivity index (χ3n) is 2.58. The minimum atomic E-state index is -0.643. The molecule has 3 aromatic rings. The van der Waals surface area contributed by atoms with E-state index in [1.54, 1.807) is 35.4 Å². The topological polar surface area (TPSA) is 43.6 Å². The Morgan fingerprint density at radius 2 is 1.74 bits per heavy atom. The molecule has 19 heavy (non-hydrogen) atoms. The Hall–Kier alpha value is -2.63. The largest absolute Gasteiger partial charge is 0.289 e. The highest BCUT2D eigenvalue weighted by atomic mass is 19.1. The van der Waals surface area contributed by atoms with Gasteiger partial charge in [0.15, 0.2) is 5.82 Å². The Kier molecular flexibility index (Phi) is 2.75. The van der Waals surface area contributed by atoms with E-state index in [2.05, 4.69) is 15.2 Å². The summed E-state index contributed by atoms with van der Waals surface area (Å²) in [5.41, 5.74) is 0.754. The van der Waals surface area contributed by atoms with Crippen LogP contribution in [0.25, 0.3) is 17.1 Å². The van der Waals surface area contributed by atoms with Gasteiger partial charge in [0, 0.05) is 24.0 Å². The van der Waals surface area contributed by atoms with Crippen LogP contribution in [-0.2, 0) is 0 Å². The van der Waals surface area contributed by atoms with Crippen molar-refractivity contribution in [3.8, 4) is 17.1 Å². The second-order valence-corrected chi connectivity index (χ2v) is 3.90. The van der Waals surface area contributed by atoms with Crippen molar-refractivity contribution in [1.82, 2.24) is 19.7 Å². The molecule has 0 fully saturated rings. The van der Waals surface area contributed by atoms with E-state index in [0.29, 0.717) is 17.1 Å². The fourth-order valence-electron chi connectivity index (χ4n) is 1.71. The highest BCUT2D eigenvalue weighted by Crippen LogP contribution is 2.19. The summed E-state index contributed by atoms with van der Waals surface area (Å²) in [6.45, 7) is 0. The molecule has 2 heterocycles. The average molecular weight is 258 g/mol. The van der Waals surface area contributed by atoms with Gasteiger partial charge in [-0.1, -0.05) is 0 Å². The lowest BCUT2D eigenvalue weighted by molar-refractivity contribution is 0.584. The maximum absolute atomic E-state index is 13.1. The number of imidazole rings is 1. The number of nitrogens with zero attached hydrogens (tertiary/aromatic N) is 4. The minimum absolute atomic E-state index is 0.349. The zero-order valence-corrected chi connectivity index (χ0v) is 9.66. The number of aromatic nitrogens is 4. The van der Waals surface area contributed by atoms with Gasteiger partial charge in [-0.05, 0) is 24.3 Å². The molecule has 0 aliphatic rings. The van der Waals surface area contributed by atoms with Gasteiger partial charge in [-0.3, -0.25) is 4.57 Å². The maximum Gasteiger partial charge on any atom is 0.160 e. The summed E-state index contributed by atoms with van der Waals surface area (Å²) in [7, 11) is 0. The summed E-state index contributed by atoms with van der Waals surface area (Å²) in [4.78, 5) is 3.90. The molecule has 0 saturated heterocycles. The third kappa shape index (κ3) is 2.33. The van der Waals surface area contributed by atoms with Crippen molar-refractivity contribution in [2.45, 2.75) is 0 Å². The van der Waals surface area contributed by atoms with E-state index in [4.69, 9.17) is 0 Å². The van der Waals surface area contributed by atoms with Crippen molar-refractivity contribution < 1.29 is 8.78 Å². The van der Waals surface area contributed by atoms with E-state index in [0.717, 1.165) is 6.07 Å². The Morgan fingerprint density at radius 1 is 0.947 bits per heavy atom. The molecule has 1 aromatic carbocycles. The first-order valence-corrected chi connectivity index (χ1v) is 5.51. The Morgan fingerprint density at radius 3 is 2.32 bits per heavy atom. The van der Waals surface area contributed by atoms with Gasteiger partial charge in [-0.25, -0.2) is 13.8 Å². The second-order valence-electron chi connectivity index (χ2n) is 3.90. The van der Waals surface area contributed by atoms with Gasteiger partial charge in [0.2, 0.25) is 0 Å². The van der Waals surface area contributed by atoms with Crippen molar-refractivity contribution in [1.29, 1.82) is 0 Å². The first kappa shape index (κ1) is 11.5. The van der Waals surface area contributed by atoms with Crippen molar-refractivity contribution in [2.75, 3.05) is 0 Å². The van der Waals surface area contributed by atoms with Crippen LogP contribution in [0.5, 0.6) is 0 Å². The van der Waals surface area contributed by atoms with Crippen molar-refractivity contribution in [3.63, 3.8) is 0 Å². The smallest absolute Gasteiger partial charge is 0.160 e. The van der Waals surface area contributed by atoms with Crippen LogP contribution in [0.2, 0.25) is 0 Å². The van der Waals surface area contributed by atoms with Gasteiger partial charge in [0.1, 0.15) is 18.0 Å². The van der Waals surface area contributed by atoms with E-state index in [1.807, 2.05) is 0 Å². The molecule has 0 bridgehead atoms. The zero-order chi connectivity index (χ0) is 13.2. The van der Waals surface area contributed by atoms with Gasteiger partial charge in [0.25, 0.3) is 0 Å². The van der Waals surface area contributed by atoms with Crippen LogP contribution in [0.1, 0.15) is 0 Å². The summed E-state index contributed by atoms with van der Waals surface area (Å²) < 4.78 is 27.9. The van der Waals surface area contributed by atoms with Crippen LogP contribution in [0, 0.1) is 11.6 Å². The molecule has 0 unspecified atom stereocenters. The monoisotopic (exact) mass is 258 g/mol. The van der Waals surface area contributed by atoms with E-state index >= 15 is 0 Å². The summed E-state index contributed by atoms with van der Waals surface area (Å²) in [5.74, 6) is -0.705. The summed E-state index contributed by atoms with van der Waals surface area (Å²) in [5, 5.41) is 7.94. The van der Waals surface area contributed by atoms with Gasteiger partial charge in [-0.15, -0.1) is 10.2 Å². The van der Waals surface area contributed by atoms with Crippen LogP contribution in [0.15, 0.2) is 49.1 Å². The first-order valence-electron chi connectivity index (χ1n) is 5.51. The number of rotatable bonds is 2. The van der Waals surface area contributed by atoms with Crippen LogP contribution in [0.4, 0.5) is 8.78 Å². The number of hydrogen-bond acceptors (Lipinski definition) is 3. The summed E-state index contributed by atoms with van der Waals surface area (Å²) >= 11 is 0. The number of halogens is 2. The predicted octanol–water partition coefficient (Wildman–Crippen LogP) is 2.61. The molecule has 4 nitrogen and oxygen atoms in total. The third-order valence-corrected chi connectivity index (χ3v) is 2.58. The Balaban J connectivity index is 1.98. The van der Waals surface area contributed by atoms with Crippen LogP contribution in [0.3, 0.4) is 0 Å². The predicted molar refractivity (Wildman–Crippen MR) is 64.5 cm³/mol. The Labute approximate surface area is 107 Å². The minimum Gasteiger partial charge on any atom is -0.289 e. The van der Waals surface area contributed by atoms with Gasteiger partial charge < -0.3 is 0 Å². The fraction of sp³-hybridized carbons (Fsp3) is 0. The summed E-state index contributed by atoms with van der Waals surface area (Å²) in [6, 6.07) is 6.59. The average Bonchev–Trinajstić information content (AvgIpc) is 2.91. The summed E-state index contributed by atoms with van der Waals surface area (Å²) in [6.07, 6.45) is 4.94. The number of benzene rings is 1. The SMILES string of the molecule is Fc1cc(F)cc(-c2ccc(-n3ccnc3)nn2)c1. The van der Waals surface area contributed by atoms with Crippen molar-refractivity contribution in [2.24, 2.45) is 0 Å². The molecule has 0 spiro atoms. The fourth-order valence-corrected chi connectivity index (χ4v) is 1.71. The van der Waals surface area contributed by atoms with Gasteiger partial charge >= 0.3 is 0 Å². The maximum atomic E-state index is 13.1. The van der Waals surface area contributed by atoms with Crippen LogP contribution >= 0.6 is 0 Å². The standard InChI is InChI=1S/C13H8F2N4/c14-10-5-9(6-11(15)7-10)12-1-2-13(18-17-12)19-4-3-16-8-19/h1-8H. The normalized spacial score (nSPS) is 10.6. The molecule has 0 radical (unpaired) electrons. The van der Waals surface area contributed by atoms with Crippen molar-refractivity contribution in [3.05, 3.63) is 60.7 Å². The van der Waals surface area contributed by atoms with Crippen LogP contribution < -0.4 is 0 Å². The Bertz CT molecular complexity index is 673. The molecule has 0 aliphatic heterocycles. The molecule has 0 N–H and O–H groups in total. The molecule has 2 aromatic heterocycles. The molecular formula is C13H8F2N4. The van der Waals surface area contributed by atoms with Crippen molar-refractivity contribution >= 4 is 0 Å². The molecule has 0 atom stereocenters. The quantitative estimate of drug-likeness (QED) is 0.709. The lowest BCUT2D eigenvalue weighted by Gasteiger charge is -2.03. The molecule has 0 saturated carbocycles. The van der Waals surface area contributed by atoms with Gasteiger partial charge in [-0.2, -0.15) is 0 Å². The van der Waals surface area contributed by atoms with E-state index in [9.17, 15) is 8.78 Å².